The van der Waals surface area contributed by atoms with Crippen LogP contribution >= 0.6 is 0 Å². The average Bonchev–Trinajstić information content (AvgIpc) is 3.42. The fourth-order valence-corrected chi connectivity index (χ4v) is 4.91. The number of hydrogen-bond acceptors (Lipinski definition) is 3. The second kappa shape index (κ2) is 11.7. The number of halogens is 2. The van der Waals surface area contributed by atoms with E-state index < -0.39 is 11.9 Å². The first kappa shape index (κ1) is 25.8. The SMILES string of the molecule is CN(CCC(Oc1ccc(C(F)(F)c2ccc(C3CCCC3)cc2)cc1)c1ccccc1)CC(=O)O. The van der Waals surface area contributed by atoms with Gasteiger partial charge < -0.3 is 9.84 Å². The van der Waals surface area contributed by atoms with Gasteiger partial charge in [0.2, 0.25) is 0 Å². The standard InChI is InChI=1S/C30H33F2NO3/c1-33(21-29(34)35)20-19-28(24-9-3-2-4-10-24)36-27-17-15-26(16-18-27)30(31,32)25-13-11-23(12-14-25)22-7-5-6-8-22/h2-4,9-18,22,28H,5-8,19-21H2,1H3,(H,34,35). The van der Waals surface area contributed by atoms with E-state index in [1.807, 2.05) is 42.5 Å². The molecule has 0 aliphatic heterocycles. The van der Waals surface area contributed by atoms with Crippen molar-refractivity contribution in [1.29, 1.82) is 0 Å². The van der Waals surface area contributed by atoms with Crippen molar-refractivity contribution in [1.82, 2.24) is 4.90 Å². The van der Waals surface area contributed by atoms with Crippen LogP contribution in [-0.2, 0) is 10.7 Å². The summed E-state index contributed by atoms with van der Waals surface area (Å²) in [6, 6.07) is 22.4. The molecule has 1 N–H and O–H groups in total. The van der Waals surface area contributed by atoms with Crippen molar-refractivity contribution in [3.63, 3.8) is 0 Å². The molecule has 1 saturated carbocycles. The number of alkyl halides is 2. The van der Waals surface area contributed by atoms with Gasteiger partial charge in [-0.3, -0.25) is 9.69 Å². The first-order valence-corrected chi connectivity index (χ1v) is 12.5. The third kappa shape index (κ3) is 6.49. The van der Waals surface area contributed by atoms with Crippen molar-refractivity contribution in [2.75, 3.05) is 20.1 Å². The number of ether oxygens (including phenoxy) is 1. The zero-order valence-electron chi connectivity index (χ0n) is 20.6. The molecule has 4 nitrogen and oxygen atoms in total. The molecule has 1 atom stereocenters. The molecular weight excluding hydrogens is 460 g/mol. The zero-order chi connectivity index (χ0) is 25.5. The van der Waals surface area contributed by atoms with E-state index in [2.05, 4.69) is 0 Å². The van der Waals surface area contributed by atoms with Gasteiger partial charge in [0.1, 0.15) is 11.9 Å². The summed E-state index contributed by atoms with van der Waals surface area (Å²) in [4.78, 5) is 12.7. The van der Waals surface area contributed by atoms with Crippen LogP contribution in [0.4, 0.5) is 8.78 Å². The van der Waals surface area contributed by atoms with E-state index in [1.54, 1.807) is 36.2 Å². The molecule has 0 bridgehead atoms. The van der Waals surface area contributed by atoms with Crippen molar-refractivity contribution < 1.29 is 23.4 Å². The van der Waals surface area contributed by atoms with Gasteiger partial charge in [-0.05, 0) is 61.2 Å². The van der Waals surface area contributed by atoms with Crippen molar-refractivity contribution in [2.45, 2.75) is 50.0 Å². The average molecular weight is 494 g/mol. The molecule has 0 amide bonds. The first-order valence-electron chi connectivity index (χ1n) is 12.5. The number of carboxylic acid groups (broad SMARTS) is 1. The van der Waals surface area contributed by atoms with E-state index in [9.17, 15) is 4.79 Å². The van der Waals surface area contributed by atoms with Crippen LogP contribution in [0.15, 0.2) is 78.9 Å². The van der Waals surface area contributed by atoms with Crippen LogP contribution in [0, 0.1) is 0 Å². The van der Waals surface area contributed by atoms with Crippen LogP contribution in [-0.4, -0.2) is 36.1 Å². The Balaban J connectivity index is 1.45. The molecule has 0 spiro atoms. The Morgan fingerprint density at radius 2 is 1.56 bits per heavy atom. The highest BCUT2D eigenvalue weighted by Gasteiger charge is 2.34. The first-order chi connectivity index (χ1) is 17.3. The van der Waals surface area contributed by atoms with Crippen molar-refractivity contribution in [3.05, 3.63) is 101 Å². The highest BCUT2D eigenvalue weighted by Crippen LogP contribution is 2.39. The van der Waals surface area contributed by atoms with Crippen LogP contribution in [0.25, 0.3) is 0 Å². The van der Waals surface area contributed by atoms with Gasteiger partial charge in [-0.2, -0.15) is 8.78 Å². The highest BCUT2D eigenvalue weighted by atomic mass is 19.3. The maximum absolute atomic E-state index is 15.3. The Bertz CT molecular complexity index is 1110. The molecule has 0 heterocycles. The highest BCUT2D eigenvalue weighted by molar-refractivity contribution is 5.69. The fraction of sp³-hybridized carbons (Fsp3) is 0.367. The summed E-state index contributed by atoms with van der Waals surface area (Å²) in [5, 5.41) is 9.00. The Kier molecular flexibility index (Phi) is 8.36. The molecule has 36 heavy (non-hydrogen) atoms. The molecule has 3 aromatic carbocycles. The minimum absolute atomic E-state index is 0.0125. The van der Waals surface area contributed by atoms with E-state index >= 15 is 8.78 Å². The summed E-state index contributed by atoms with van der Waals surface area (Å²) in [6.45, 7) is 0.450. The molecule has 3 aromatic rings. The van der Waals surface area contributed by atoms with Gasteiger partial charge >= 0.3 is 5.97 Å². The Morgan fingerprint density at radius 3 is 2.14 bits per heavy atom. The maximum Gasteiger partial charge on any atom is 0.317 e. The fourth-order valence-electron chi connectivity index (χ4n) is 4.91. The number of rotatable bonds is 11. The zero-order valence-corrected chi connectivity index (χ0v) is 20.6. The summed E-state index contributed by atoms with van der Waals surface area (Å²) in [5.74, 6) is -3.02. The summed E-state index contributed by atoms with van der Waals surface area (Å²) in [5.41, 5.74) is 2.00. The third-order valence-corrected chi connectivity index (χ3v) is 6.94. The quantitative estimate of drug-likeness (QED) is 0.312. The molecule has 1 unspecified atom stereocenters. The van der Waals surface area contributed by atoms with Gasteiger partial charge in [0.15, 0.2) is 0 Å². The van der Waals surface area contributed by atoms with Gasteiger partial charge in [-0.25, -0.2) is 0 Å². The molecule has 1 aliphatic carbocycles. The molecule has 4 rings (SSSR count). The van der Waals surface area contributed by atoms with Crippen molar-refractivity contribution >= 4 is 5.97 Å². The molecule has 1 aliphatic rings. The molecule has 6 heteroatoms. The Hall–Kier alpha value is -3.25. The molecule has 0 radical (unpaired) electrons. The van der Waals surface area contributed by atoms with Gasteiger partial charge in [0, 0.05) is 24.1 Å². The number of aliphatic carboxylic acids is 1. The van der Waals surface area contributed by atoms with E-state index in [0.29, 0.717) is 24.6 Å². The number of likely N-dealkylation sites (N-methyl/N-ethyl adjacent to an activating group) is 1. The number of carboxylic acids is 1. The largest absolute Gasteiger partial charge is 0.486 e. The predicted molar refractivity (Wildman–Crippen MR) is 137 cm³/mol. The predicted octanol–water partition coefficient (Wildman–Crippen LogP) is 7.01. The van der Waals surface area contributed by atoms with Gasteiger partial charge in [-0.1, -0.05) is 67.4 Å². The van der Waals surface area contributed by atoms with Crippen LogP contribution in [0.3, 0.4) is 0 Å². The van der Waals surface area contributed by atoms with E-state index in [1.165, 1.54) is 25.0 Å². The summed E-state index contributed by atoms with van der Waals surface area (Å²) >= 11 is 0. The smallest absolute Gasteiger partial charge is 0.317 e. The van der Waals surface area contributed by atoms with E-state index in [4.69, 9.17) is 9.84 Å². The third-order valence-electron chi connectivity index (χ3n) is 6.94. The lowest BCUT2D eigenvalue weighted by Gasteiger charge is -2.23. The van der Waals surface area contributed by atoms with Crippen LogP contribution in [0.5, 0.6) is 5.75 Å². The second-order valence-electron chi connectivity index (χ2n) is 9.64. The van der Waals surface area contributed by atoms with Crippen LogP contribution in [0.1, 0.15) is 66.4 Å². The summed E-state index contributed by atoms with van der Waals surface area (Å²) in [6.07, 6.45) is 4.91. The molecule has 0 aromatic heterocycles. The Labute approximate surface area is 211 Å². The van der Waals surface area contributed by atoms with Crippen LogP contribution in [0.2, 0.25) is 0 Å². The van der Waals surface area contributed by atoms with Gasteiger partial charge in [-0.15, -0.1) is 0 Å². The normalized spacial score (nSPS) is 15.2. The number of carbonyl (C=O) groups is 1. The Morgan fingerprint density at radius 1 is 0.972 bits per heavy atom. The lowest BCUT2D eigenvalue weighted by Crippen LogP contribution is -2.28. The van der Waals surface area contributed by atoms with Gasteiger partial charge in [0.25, 0.3) is 5.92 Å². The van der Waals surface area contributed by atoms with E-state index in [0.717, 1.165) is 24.0 Å². The molecular formula is C30H33F2NO3. The van der Waals surface area contributed by atoms with Crippen molar-refractivity contribution in [3.8, 4) is 5.75 Å². The molecule has 190 valence electrons. The summed E-state index contributed by atoms with van der Waals surface area (Å²) < 4.78 is 36.7. The monoisotopic (exact) mass is 493 g/mol. The lowest BCUT2D eigenvalue weighted by atomic mass is 9.94. The van der Waals surface area contributed by atoms with E-state index in [-0.39, 0.29) is 23.8 Å². The molecule has 0 saturated heterocycles. The van der Waals surface area contributed by atoms with Crippen molar-refractivity contribution in [2.24, 2.45) is 0 Å². The van der Waals surface area contributed by atoms with Crippen LogP contribution < -0.4 is 4.74 Å². The molecule has 1 fully saturated rings. The lowest BCUT2D eigenvalue weighted by molar-refractivity contribution is -0.138. The number of nitrogens with zero attached hydrogens (tertiary/aromatic N) is 1. The number of benzene rings is 3. The topological polar surface area (TPSA) is 49.8 Å². The minimum atomic E-state index is -3.11. The number of hydrogen-bond donors (Lipinski definition) is 1. The maximum atomic E-state index is 15.3. The second-order valence-corrected chi connectivity index (χ2v) is 9.64. The van der Waals surface area contributed by atoms with Gasteiger partial charge in [0.05, 0.1) is 6.54 Å². The summed E-state index contributed by atoms with van der Waals surface area (Å²) in [7, 11) is 1.74. The minimum Gasteiger partial charge on any atom is -0.486 e.